The van der Waals surface area contributed by atoms with E-state index in [0.29, 0.717) is 12.4 Å². The van der Waals surface area contributed by atoms with Gasteiger partial charge in [0, 0.05) is 25.3 Å². The third-order valence-corrected chi connectivity index (χ3v) is 3.18. The lowest BCUT2D eigenvalue weighted by Crippen LogP contribution is -2.32. The van der Waals surface area contributed by atoms with Gasteiger partial charge in [-0.3, -0.25) is 10.1 Å². The van der Waals surface area contributed by atoms with Gasteiger partial charge in [0.05, 0.1) is 17.6 Å². The van der Waals surface area contributed by atoms with Crippen LogP contribution in [0, 0.1) is 10.1 Å². The Morgan fingerprint density at radius 1 is 1.63 bits per heavy atom. The molecule has 0 saturated carbocycles. The van der Waals surface area contributed by atoms with Crippen LogP contribution in [0.2, 0.25) is 0 Å². The van der Waals surface area contributed by atoms with Crippen molar-refractivity contribution in [3.8, 4) is 5.88 Å². The van der Waals surface area contributed by atoms with Crippen LogP contribution in [-0.4, -0.2) is 35.8 Å². The molecule has 19 heavy (non-hydrogen) atoms. The highest BCUT2D eigenvalue weighted by molar-refractivity contribution is 5.57. The molecular weight excluding hydrogens is 250 g/mol. The Morgan fingerprint density at radius 2 is 2.42 bits per heavy atom. The maximum atomic E-state index is 11.0. The summed E-state index contributed by atoms with van der Waals surface area (Å²) in [5.41, 5.74) is -0.360. The molecule has 2 heterocycles. The molecule has 0 aromatic carbocycles. The van der Waals surface area contributed by atoms with Crippen molar-refractivity contribution in [3.63, 3.8) is 0 Å². The molecule has 2 rings (SSSR count). The number of aromatic nitrogens is 1. The molecule has 1 aliphatic heterocycles. The fourth-order valence-electron chi connectivity index (χ4n) is 2.07. The van der Waals surface area contributed by atoms with E-state index in [1.807, 2.05) is 6.92 Å². The lowest BCUT2D eigenvalue weighted by atomic mass is 10.0. The van der Waals surface area contributed by atoms with Crippen molar-refractivity contribution in [1.29, 1.82) is 0 Å². The molecule has 1 saturated heterocycles. The molecule has 7 nitrogen and oxygen atoms in total. The number of ether oxygens (including phenoxy) is 2. The molecule has 7 heteroatoms. The maximum absolute atomic E-state index is 11.0. The molecule has 1 N–H and O–H groups in total. The third kappa shape index (κ3) is 3.11. The second-order valence-electron chi connectivity index (χ2n) is 4.73. The molecule has 1 aliphatic rings. The zero-order valence-corrected chi connectivity index (χ0v) is 11.0. The van der Waals surface area contributed by atoms with E-state index in [9.17, 15) is 10.1 Å². The fourth-order valence-corrected chi connectivity index (χ4v) is 2.07. The van der Waals surface area contributed by atoms with Gasteiger partial charge in [0.15, 0.2) is 0 Å². The highest BCUT2D eigenvalue weighted by Gasteiger charge is 2.30. The summed E-state index contributed by atoms with van der Waals surface area (Å²) in [6.45, 7) is 3.19. The molecule has 0 radical (unpaired) electrons. The molecule has 1 atom stereocenters. The van der Waals surface area contributed by atoms with E-state index in [-0.39, 0.29) is 17.1 Å². The molecule has 1 aromatic heterocycles. The second kappa shape index (κ2) is 5.40. The highest BCUT2D eigenvalue weighted by atomic mass is 16.6. The monoisotopic (exact) mass is 267 g/mol. The van der Waals surface area contributed by atoms with E-state index >= 15 is 0 Å². The summed E-state index contributed by atoms with van der Waals surface area (Å²) in [6.07, 6.45) is 1.93. The summed E-state index contributed by atoms with van der Waals surface area (Å²) in [5, 5.41) is 13.9. The first-order chi connectivity index (χ1) is 9.04. The van der Waals surface area contributed by atoms with Crippen LogP contribution in [-0.2, 0) is 4.74 Å². The molecule has 0 spiro atoms. The Hall–Kier alpha value is -1.89. The van der Waals surface area contributed by atoms with Crippen LogP contribution in [0.5, 0.6) is 5.88 Å². The predicted molar refractivity (Wildman–Crippen MR) is 69.5 cm³/mol. The fraction of sp³-hybridized carbons (Fsp3) is 0.583. The maximum Gasteiger partial charge on any atom is 0.311 e. The summed E-state index contributed by atoms with van der Waals surface area (Å²) < 4.78 is 10.6. The molecule has 1 fully saturated rings. The largest absolute Gasteiger partial charge is 0.481 e. The van der Waals surface area contributed by atoms with E-state index < -0.39 is 4.92 Å². The number of methoxy groups -OCH3 is 1. The number of hydrogen-bond donors (Lipinski definition) is 1. The minimum Gasteiger partial charge on any atom is -0.481 e. The van der Waals surface area contributed by atoms with Crippen LogP contribution in [0.25, 0.3) is 0 Å². The molecule has 104 valence electrons. The van der Waals surface area contributed by atoms with E-state index in [2.05, 4.69) is 10.3 Å². The molecule has 0 aliphatic carbocycles. The first kappa shape index (κ1) is 13.5. The first-order valence-electron chi connectivity index (χ1n) is 6.11. The van der Waals surface area contributed by atoms with Crippen LogP contribution in [0.3, 0.4) is 0 Å². The van der Waals surface area contributed by atoms with Crippen molar-refractivity contribution in [2.24, 2.45) is 0 Å². The van der Waals surface area contributed by atoms with Crippen LogP contribution < -0.4 is 10.1 Å². The molecule has 0 amide bonds. The van der Waals surface area contributed by atoms with Gasteiger partial charge in [-0.1, -0.05) is 0 Å². The third-order valence-electron chi connectivity index (χ3n) is 3.18. The van der Waals surface area contributed by atoms with Gasteiger partial charge in [-0.2, -0.15) is 4.98 Å². The lowest BCUT2D eigenvalue weighted by molar-refractivity contribution is -0.384. The van der Waals surface area contributed by atoms with E-state index in [1.165, 1.54) is 19.2 Å². The van der Waals surface area contributed by atoms with Gasteiger partial charge in [0.2, 0.25) is 11.7 Å². The average molecular weight is 267 g/mol. The van der Waals surface area contributed by atoms with Crippen molar-refractivity contribution in [2.75, 3.05) is 25.6 Å². The normalized spacial score (nSPS) is 22.2. The number of rotatable bonds is 5. The number of anilines is 1. The van der Waals surface area contributed by atoms with E-state index in [1.54, 1.807) is 0 Å². The summed E-state index contributed by atoms with van der Waals surface area (Å²) in [7, 11) is 1.47. The van der Waals surface area contributed by atoms with Crippen molar-refractivity contribution < 1.29 is 14.4 Å². The van der Waals surface area contributed by atoms with Crippen LogP contribution in [0.15, 0.2) is 12.1 Å². The Labute approximate surface area is 111 Å². The topological polar surface area (TPSA) is 86.5 Å². The van der Waals surface area contributed by atoms with Crippen molar-refractivity contribution in [1.82, 2.24) is 4.98 Å². The molecule has 1 unspecified atom stereocenters. The minimum atomic E-state index is -0.466. The van der Waals surface area contributed by atoms with Gasteiger partial charge in [-0.25, -0.2) is 0 Å². The number of hydrogen-bond acceptors (Lipinski definition) is 6. The SMILES string of the molecule is COc1ccc([N+](=O)[O-])c(NCC2(C)CCCO2)n1. The standard InChI is InChI=1S/C12H17N3O4/c1-12(6-3-7-19-12)8-13-11-9(15(16)17)4-5-10(14-11)18-2/h4-5H,3,6-8H2,1-2H3,(H,13,14). The lowest BCUT2D eigenvalue weighted by Gasteiger charge is -2.23. The van der Waals surface area contributed by atoms with Gasteiger partial charge in [0.25, 0.3) is 0 Å². The van der Waals surface area contributed by atoms with E-state index in [4.69, 9.17) is 9.47 Å². The Morgan fingerprint density at radius 3 is 3.00 bits per heavy atom. The Bertz CT molecular complexity index is 472. The zero-order valence-electron chi connectivity index (χ0n) is 11.0. The minimum absolute atomic E-state index is 0.0672. The number of nitro groups is 1. The van der Waals surface area contributed by atoms with Gasteiger partial charge >= 0.3 is 5.69 Å². The number of nitrogens with one attached hydrogen (secondary N) is 1. The number of pyridine rings is 1. The number of nitrogens with zero attached hydrogens (tertiary/aromatic N) is 2. The average Bonchev–Trinajstić information content (AvgIpc) is 2.83. The Kier molecular flexibility index (Phi) is 3.84. The summed E-state index contributed by atoms with van der Waals surface area (Å²) in [5.74, 6) is 0.548. The van der Waals surface area contributed by atoms with Crippen molar-refractivity contribution in [3.05, 3.63) is 22.2 Å². The van der Waals surface area contributed by atoms with Crippen LogP contribution in [0.4, 0.5) is 11.5 Å². The van der Waals surface area contributed by atoms with Crippen molar-refractivity contribution >= 4 is 11.5 Å². The summed E-state index contributed by atoms with van der Waals surface area (Å²) >= 11 is 0. The van der Waals surface area contributed by atoms with Crippen LogP contribution in [0.1, 0.15) is 19.8 Å². The molecule has 1 aromatic rings. The summed E-state index contributed by atoms with van der Waals surface area (Å²) in [6, 6.07) is 2.85. The quantitative estimate of drug-likeness (QED) is 0.648. The summed E-state index contributed by atoms with van der Waals surface area (Å²) in [4.78, 5) is 14.6. The van der Waals surface area contributed by atoms with Gasteiger partial charge < -0.3 is 14.8 Å². The van der Waals surface area contributed by atoms with Gasteiger partial charge in [-0.05, 0) is 19.8 Å². The van der Waals surface area contributed by atoms with Crippen LogP contribution >= 0.6 is 0 Å². The predicted octanol–water partition coefficient (Wildman–Crippen LogP) is 1.98. The Balaban J connectivity index is 2.15. The van der Waals surface area contributed by atoms with E-state index in [0.717, 1.165) is 19.4 Å². The highest BCUT2D eigenvalue weighted by Crippen LogP contribution is 2.28. The van der Waals surface area contributed by atoms with Gasteiger partial charge in [0.1, 0.15) is 0 Å². The zero-order chi connectivity index (χ0) is 13.9. The molecular formula is C12H17N3O4. The smallest absolute Gasteiger partial charge is 0.311 e. The first-order valence-corrected chi connectivity index (χ1v) is 6.11. The second-order valence-corrected chi connectivity index (χ2v) is 4.73. The van der Waals surface area contributed by atoms with Crippen molar-refractivity contribution in [2.45, 2.75) is 25.4 Å². The van der Waals surface area contributed by atoms with Gasteiger partial charge in [-0.15, -0.1) is 0 Å². The molecule has 0 bridgehead atoms.